The van der Waals surface area contributed by atoms with E-state index in [0.717, 1.165) is 16.7 Å². The third-order valence-electron chi connectivity index (χ3n) is 6.00. The normalized spacial score (nSPS) is 11.1. The van der Waals surface area contributed by atoms with Crippen LogP contribution in [0.4, 0.5) is 0 Å². The molecule has 0 fully saturated rings. The highest BCUT2D eigenvalue weighted by atomic mass is 79.9. The first kappa shape index (κ1) is 30.3. The molecule has 0 saturated carbocycles. The van der Waals surface area contributed by atoms with Crippen LogP contribution < -0.4 is 9.47 Å². The molecule has 0 unspecified atom stereocenters. The van der Waals surface area contributed by atoms with E-state index in [9.17, 15) is 14.4 Å². The maximum atomic E-state index is 13.8. The Bertz CT molecular complexity index is 1400. The second-order valence-corrected chi connectivity index (χ2v) is 10.8. The molecular weight excluding hydrogens is 628 g/mol. The van der Waals surface area contributed by atoms with Gasteiger partial charge in [0.1, 0.15) is 11.5 Å². The molecule has 0 aliphatic rings. The quantitative estimate of drug-likeness (QED) is 0.118. The zero-order chi connectivity index (χ0) is 28.7. The molecule has 204 valence electrons. The van der Waals surface area contributed by atoms with E-state index in [1.807, 2.05) is 26.0 Å². The van der Waals surface area contributed by atoms with E-state index in [-0.39, 0.29) is 29.9 Å². The van der Waals surface area contributed by atoms with Gasteiger partial charge in [0.15, 0.2) is 17.3 Å². The zero-order valence-electron chi connectivity index (χ0n) is 22.5. The Morgan fingerprint density at radius 2 is 1.64 bits per heavy atom. The van der Waals surface area contributed by atoms with Gasteiger partial charge in [0.25, 0.3) is 0 Å². The van der Waals surface area contributed by atoms with Crippen LogP contribution in [0.5, 0.6) is 17.2 Å². The molecule has 0 atom stereocenters. The van der Waals surface area contributed by atoms with Crippen LogP contribution in [-0.4, -0.2) is 31.8 Å². The van der Waals surface area contributed by atoms with Gasteiger partial charge >= 0.3 is 5.97 Å². The summed E-state index contributed by atoms with van der Waals surface area (Å²) in [4.78, 5) is 37.3. The van der Waals surface area contributed by atoms with Crippen molar-refractivity contribution in [3.05, 3.63) is 91.4 Å². The molecule has 0 N–H and O–H groups in total. The fourth-order valence-electron chi connectivity index (χ4n) is 3.87. The molecule has 0 amide bonds. The highest BCUT2D eigenvalue weighted by Crippen LogP contribution is 2.42. The first-order valence-corrected chi connectivity index (χ1v) is 14.0. The molecular formula is C31H30Br2O6. The lowest BCUT2D eigenvalue weighted by atomic mass is 9.95. The second kappa shape index (κ2) is 13.7. The Kier molecular flexibility index (Phi) is 10.7. The minimum atomic E-state index is -0.358. The Labute approximate surface area is 245 Å². The molecule has 6 nitrogen and oxygen atoms in total. The number of allylic oxidation sites excluding steroid dienone is 1. The lowest BCUT2D eigenvalue weighted by Crippen LogP contribution is -2.07. The number of ketones is 2. The van der Waals surface area contributed by atoms with Crippen molar-refractivity contribution >= 4 is 55.5 Å². The van der Waals surface area contributed by atoms with E-state index in [1.54, 1.807) is 56.5 Å². The van der Waals surface area contributed by atoms with Crippen LogP contribution in [0.1, 0.15) is 65.7 Å². The van der Waals surface area contributed by atoms with Gasteiger partial charge in [-0.2, -0.15) is 0 Å². The predicted octanol–water partition coefficient (Wildman–Crippen LogP) is 8.07. The Morgan fingerprint density at radius 1 is 0.949 bits per heavy atom. The van der Waals surface area contributed by atoms with E-state index in [0.29, 0.717) is 43.7 Å². The molecule has 3 rings (SSSR count). The third kappa shape index (κ3) is 7.67. The van der Waals surface area contributed by atoms with Crippen LogP contribution >= 0.6 is 31.9 Å². The molecule has 8 heteroatoms. The van der Waals surface area contributed by atoms with Gasteiger partial charge in [0.05, 0.1) is 35.1 Å². The van der Waals surface area contributed by atoms with Crippen LogP contribution in [0.15, 0.2) is 63.6 Å². The van der Waals surface area contributed by atoms with Crippen molar-refractivity contribution in [2.45, 2.75) is 39.5 Å². The van der Waals surface area contributed by atoms with Crippen LogP contribution in [0, 0.1) is 0 Å². The summed E-state index contributed by atoms with van der Waals surface area (Å²) < 4.78 is 18.0. The van der Waals surface area contributed by atoms with Crippen molar-refractivity contribution in [3.8, 4) is 17.2 Å². The Balaban J connectivity index is 2.10. The highest BCUT2D eigenvalue weighted by Gasteiger charge is 2.23. The van der Waals surface area contributed by atoms with Crippen molar-refractivity contribution in [3.63, 3.8) is 0 Å². The molecule has 0 aromatic heterocycles. The number of hydrogen-bond acceptors (Lipinski definition) is 6. The van der Waals surface area contributed by atoms with Gasteiger partial charge in [-0.1, -0.05) is 45.0 Å². The standard InChI is InChI=1S/C31H30Br2O6/c1-6-22(34)11-10-19-8-7-9-21(12-19)30(36)24-17-27(37-4)23(18(2)3)16-28(24)39-31-25(32)13-20(14-26(31)33)15-29(35)38-5/h7-14,16-18H,6,15H2,1-5H3/b11-10+. The number of hydrogen-bond donors (Lipinski definition) is 0. The lowest BCUT2D eigenvalue weighted by molar-refractivity contribution is -0.139. The fourth-order valence-corrected chi connectivity index (χ4v) is 5.32. The van der Waals surface area contributed by atoms with E-state index >= 15 is 0 Å². The molecule has 0 heterocycles. The minimum Gasteiger partial charge on any atom is -0.496 e. The molecule has 0 saturated heterocycles. The van der Waals surface area contributed by atoms with Crippen molar-refractivity contribution in [2.24, 2.45) is 0 Å². The van der Waals surface area contributed by atoms with Crippen molar-refractivity contribution in [1.82, 2.24) is 0 Å². The summed E-state index contributed by atoms with van der Waals surface area (Å²) in [6.45, 7) is 5.86. The van der Waals surface area contributed by atoms with E-state index in [4.69, 9.17) is 14.2 Å². The number of ether oxygens (including phenoxy) is 3. The van der Waals surface area contributed by atoms with Gasteiger partial charge < -0.3 is 14.2 Å². The third-order valence-corrected chi connectivity index (χ3v) is 7.18. The summed E-state index contributed by atoms with van der Waals surface area (Å²) in [7, 11) is 2.91. The summed E-state index contributed by atoms with van der Waals surface area (Å²) >= 11 is 7.08. The second-order valence-electron chi connectivity index (χ2n) is 9.10. The molecule has 3 aromatic rings. The number of carbonyl (C=O) groups excluding carboxylic acids is 3. The summed E-state index contributed by atoms with van der Waals surface area (Å²) in [6, 6.07) is 14.1. The molecule has 0 aliphatic carbocycles. The molecule has 3 aromatic carbocycles. The van der Waals surface area contributed by atoms with Crippen molar-refractivity contribution in [2.75, 3.05) is 14.2 Å². The Morgan fingerprint density at radius 3 is 2.23 bits per heavy atom. The van der Waals surface area contributed by atoms with E-state index in [2.05, 4.69) is 31.9 Å². The van der Waals surface area contributed by atoms with Crippen molar-refractivity contribution < 1.29 is 28.6 Å². The van der Waals surface area contributed by atoms with Gasteiger partial charge in [-0.05, 0) is 85.3 Å². The van der Waals surface area contributed by atoms with Gasteiger partial charge in [-0.15, -0.1) is 0 Å². The molecule has 0 aliphatic heterocycles. The number of rotatable bonds is 11. The van der Waals surface area contributed by atoms with Crippen LogP contribution in [0.3, 0.4) is 0 Å². The van der Waals surface area contributed by atoms with Crippen molar-refractivity contribution in [1.29, 1.82) is 0 Å². The maximum Gasteiger partial charge on any atom is 0.309 e. The number of methoxy groups -OCH3 is 2. The highest BCUT2D eigenvalue weighted by molar-refractivity contribution is 9.11. The number of carbonyl (C=O) groups is 3. The van der Waals surface area contributed by atoms with Crippen LogP contribution in [0.2, 0.25) is 0 Å². The largest absolute Gasteiger partial charge is 0.496 e. The first-order valence-electron chi connectivity index (χ1n) is 12.4. The average Bonchev–Trinajstić information content (AvgIpc) is 2.92. The van der Waals surface area contributed by atoms with Crippen LogP contribution in [0.25, 0.3) is 6.08 Å². The first-order chi connectivity index (χ1) is 18.6. The smallest absolute Gasteiger partial charge is 0.309 e. The maximum absolute atomic E-state index is 13.8. The molecule has 39 heavy (non-hydrogen) atoms. The number of esters is 1. The Hall–Kier alpha value is -3.23. The monoisotopic (exact) mass is 656 g/mol. The molecule has 0 radical (unpaired) electrons. The van der Waals surface area contributed by atoms with E-state index in [1.165, 1.54) is 13.2 Å². The van der Waals surface area contributed by atoms with Crippen LogP contribution in [-0.2, 0) is 20.7 Å². The van der Waals surface area contributed by atoms with Gasteiger partial charge in [0, 0.05) is 17.5 Å². The van der Waals surface area contributed by atoms with Gasteiger partial charge in [0.2, 0.25) is 0 Å². The summed E-state index contributed by atoms with van der Waals surface area (Å²) in [5, 5.41) is 0. The average molecular weight is 658 g/mol. The molecule has 0 bridgehead atoms. The predicted molar refractivity (Wildman–Crippen MR) is 159 cm³/mol. The van der Waals surface area contributed by atoms with Gasteiger partial charge in [-0.3, -0.25) is 14.4 Å². The SMILES string of the molecule is CCC(=O)/C=C/c1cccc(C(=O)c2cc(OC)c(C(C)C)cc2Oc2c(Br)cc(CC(=O)OC)cc2Br)c1. The number of halogens is 2. The topological polar surface area (TPSA) is 78.9 Å². The number of benzene rings is 3. The summed E-state index contributed by atoms with van der Waals surface area (Å²) in [5.41, 5.74) is 3.11. The summed E-state index contributed by atoms with van der Waals surface area (Å²) in [6.07, 6.45) is 3.73. The molecule has 0 spiro atoms. The lowest BCUT2D eigenvalue weighted by Gasteiger charge is -2.19. The van der Waals surface area contributed by atoms with Gasteiger partial charge in [-0.25, -0.2) is 0 Å². The van der Waals surface area contributed by atoms with E-state index < -0.39 is 0 Å². The summed E-state index contributed by atoms with van der Waals surface area (Å²) in [5.74, 6) is 0.877. The fraction of sp³-hybridized carbons (Fsp3) is 0.258. The zero-order valence-corrected chi connectivity index (χ0v) is 25.6. The minimum absolute atomic E-state index is 0.00480.